The Morgan fingerprint density at radius 3 is 1.20 bits per heavy atom. The van der Waals surface area contributed by atoms with E-state index in [-0.39, 0.29) is 17.3 Å². The van der Waals surface area contributed by atoms with Crippen LogP contribution >= 0.6 is 0 Å². The Morgan fingerprint density at radius 2 is 0.914 bits per heavy atom. The largest absolute Gasteiger partial charge is 0.369 e. The Balaban J connectivity index is 1.60. The van der Waals surface area contributed by atoms with Crippen LogP contribution < -0.4 is 32.7 Å². The molecule has 8 N–H and O–H groups in total. The number of aliphatic imine (C=N–C) groups is 4. The predicted octanol–water partition coefficient (Wildman–Crippen LogP) is 2.38. The molecular formula is C25H34N10. The highest BCUT2D eigenvalue weighted by atomic mass is 15.4. The predicted molar refractivity (Wildman–Crippen MR) is 145 cm³/mol. The summed E-state index contributed by atoms with van der Waals surface area (Å²) in [5, 5.41) is 0. The third-order valence-corrected chi connectivity index (χ3v) is 6.48. The first-order valence-electron chi connectivity index (χ1n) is 11.4. The Morgan fingerprint density at radius 1 is 0.600 bits per heavy atom. The van der Waals surface area contributed by atoms with Crippen molar-refractivity contribution in [1.29, 1.82) is 0 Å². The van der Waals surface area contributed by atoms with Gasteiger partial charge in [-0.1, -0.05) is 38.1 Å². The lowest BCUT2D eigenvalue weighted by Gasteiger charge is -2.39. The van der Waals surface area contributed by atoms with Gasteiger partial charge in [0.25, 0.3) is 0 Å². The van der Waals surface area contributed by atoms with Gasteiger partial charge in [0.05, 0.1) is 0 Å². The maximum absolute atomic E-state index is 6.18. The summed E-state index contributed by atoms with van der Waals surface area (Å²) in [7, 11) is 0. The highest BCUT2D eigenvalue weighted by molar-refractivity contribution is 6.06. The Hall–Kier alpha value is -4.08. The Kier molecular flexibility index (Phi) is 5.50. The summed E-state index contributed by atoms with van der Waals surface area (Å²) < 4.78 is 0. The van der Waals surface area contributed by atoms with Crippen molar-refractivity contribution in [3.8, 4) is 0 Å². The monoisotopic (exact) mass is 474 g/mol. The molecule has 35 heavy (non-hydrogen) atoms. The van der Waals surface area contributed by atoms with Gasteiger partial charge in [-0.2, -0.15) is 9.98 Å². The third kappa shape index (κ3) is 4.27. The maximum Gasteiger partial charge on any atom is 0.220 e. The van der Waals surface area contributed by atoms with Gasteiger partial charge in [-0.25, -0.2) is 9.98 Å². The molecule has 2 aromatic rings. The number of nitrogens with two attached hydrogens (primary N) is 4. The molecule has 10 heteroatoms. The highest BCUT2D eigenvalue weighted by Gasteiger charge is 2.35. The molecular weight excluding hydrogens is 440 g/mol. The minimum atomic E-state index is -0.634. The molecule has 0 atom stereocenters. The van der Waals surface area contributed by atoms with Crippen LogP contribution in [-0.2, 0) is 5.41 Å². The van der Waals surface area contributed by atoms with Crippen molar-refractivity contribution in [1.82, 2.24) is 0 Å². The molecule has 0 unspecified atom stereocenters. The normalized spacial score (nSPS) is 19.5. The van der Waals surface area contributed by atoms with Gasteiger partial charge < -0.3 is 22.9 Å². The van der Waals surface area contributed by atoms with Gasteiger partial charge in [-0.05, 0) is 63.1 Å². The Bertz CT molecular complexity index is 1150. The van der Waals surface area contributed by atoms with Crippen molar-refractivity contribution in [3.63, 3.8) is 0 Å². The SMILES string of the molecule is CC(C)(c1ccc(N2C(N)=NC(N)=NC2(C)C)cc1)c1ccc(N2C(N)=NC(N)=NC2(C)C)cc1. The zero-order chi connectivity index (χ0) is 25.8. The average Bonchev–Trinajstić information content (AvgIpc) is 2.71. The van der Waals surface area contributed by atoms with Crippen molar-refractivity contribution >= 4 is 35.2 Å². The number of hydrogen-bond donors (Lipinski definition) is 4. The van der Waals surface area contributed by atoms with Gasteiger partial charge in [0.1, 0.15) is 11.3 Å². The lowest BCUT2D eigenvalue weighted by molar-refractivity contribution is 0.533. The summed E-state index contributed by atoms with van der Waals surface area (Å²) in [6, 6.07) is 16.5. The van der Waals surface area contributed by atoms with Gasteiger partial charge in [0.2, 0.25) is 23.8 Å². The number of rotatable bonds is 4. The fourth-order valence-corrected chi connectivity index (χ4v) is 4.72. The van der Waals surface area contributed by atoms with E-state index in [4.69, 9.17) is 22.9 Å². The van der Waals surface area contributed by atoms with E-state index in [9.17, 15) is 0 Å². The quantitative estimate of drug-likeness (QED) is 0.532. The zero-order valence-corrected chi connectivity index (χ0v) is 21.1. The van der Waals surface area contributed by atoms with Gasteiger partial charge in [0.15, 0.2) is 0 Å². The van der Waals surface area contributed by atoms with Crippen molar-refractivity contribution in [3.05, 3.63) is 59.7 Å². The molecule has 0 saturated heterocycles. The van der Waals surface area contributed by atoms with Crippen molar-refractivity contribution < 1.29 is 0 Å². The molecule has 184 valence electrons. The number of anilines is 2. The molecule has 2 aliphatic heterocycles. The smallest absolute Gasteiger partial charge is 0.220 e. The fraction of sp³-hybridized carbons (Fsp3) is 0.360. The van der Waals surface area contributed by atoms with E-state index in [0.717, 1.165) is 22.5 Å². The van der Waals surface area contributed by atoms with Crippen molar-refractivity contribution in [2.24, 2.45) is 42.9 Å². The molecule has 0 aliphatic carbocycles. The summed E-state index contributed by atoms with van der Waals surface area (Å²) in [4.78, 5) is 20.9. The lowest BCUT2D eigenvalue weighted by Crippen LogP contribution is -2.54. The second-order valence-electron chi connectivity index (χ2n) is 10.3. The molecule has 0 fully saturated rings. The number of hydrogen-bond acceptors (Lipinski definition) is 10. The molecule has 4 rings (SSSR count). The maximum atomic E-state index is 6.18. The average molecular weight is 475 g/mol. The van der Waals surface area contributed by atoms with Crippen LogP contribution in [-0.4, -0.2) is 35.2 Å². The second kappa shape index (κ2) is 8.00. The van der Waals surface area contributed by atoms with E-state index in [1.54, 1.807) is 0 Å². The molecule has 10 nitrogen and oxygen atoms in total. The van der Waals surface area contributed by atoms with Crippen molar-refractivity contribution in [2.75, 3.05) is 9.80 Å². The van der Waals surface area contributed by atoms with Gasteiger partial charge in [0, 0.05) is 16.8 Å². The molecule has 0 bridgehead atoms. The van der Waals surface area contributed by atoms with E-state index in [2.05, 4.69) is 58.1 Å². The van der Waals surface area contributed by atoms with Crippen LogP contribution in [0.3, 0.4) is 0 Å². The van der Waals surface area contributed by atoms with Crippen LogP contribution in [0, 0.1) is 0 Å². The first kappa shape index (κ1) is 24.1. The minimum absolute atomic E-state index is 0.182. The van der Waals surface area contributed by atoms with E-state index in [0.29, 0.717) is 11.9 Å². The third-order valence-electron chi connectivity index (χ3n) is 6.48. The summed E-state index contributed by atoms with van der Waals surface area (Å²) in [5.74, 6) is 1.00. The van der Waals surface area contributed by atoms with Gasteiger partial charge in [-0.3, -0.25) is 9.80 Å². The van der Waals surface area contributed by atoms with E-state index >= 15 is 0 Å². The van der Waals surface area contributed by atoms with E-state index in [1.807, 2.05) is 61.8 Å². The Labute approximate surface area is 206 Å². The standard InChI is InChI=1S/C25H34N10/c1-23(2,15-7-11-17(12-8-15)34-21(28)30-19(26)32-24(34,3)4)16-9-13-18(14-10-16)35-22(29)31-20(27)33-25(35,5)6/h7-14H,1-6H3,(H4,26,28,30,32)(H4,27,29,31,33). The van der Waals surface area contributed by atoms with Gasteiger partial charge in [-0.15, -0.1) is 0 Å². The fourth-order valence-electron chi connectivity index (χ4n) is 4.72. The molecule has 0 amide bonds. The van der Waals surface area contributed by atoms with Crippen LogP contribution in [0.2, 0.25) is 0 Å². The minimum Gasteiger partial charge on any atom is -0.369 e. The number of nitrogens with zero attached hydrogens (tertiary/aromatic N) is 6. The molecule has 0 saturated carbocycles. The first-order chi connectivity index (χ1) is 16.2. The first-order valence-corrected chi connectivity index (χ1v) is 11.4. The molecule has 0 aromatic heterocycles. The van der Waals surface area contributed by atoms with E-state index in [1.165, 1.54) is 0 Å². The zero-order valence-electron chi connectivity index (χ0n) is 21.1. The molecule has 2 heterocycles. The second-order valence-corrected chi connectivity index (χ2v) is 10.3. The van der Waals surface area contributed by atoms with Gasteiger partial charge >= 0.3 is 0 Å². The van der Waals surface area contributed by atoms with Crippen LogP contribution in [0.15, 0.2) is 68.5 Å². The molecule has 2 aromatic carbocycles. The molecule has 2 aliphatic rings. The summed E-state index contributed by atoms with van der Waals surface area (Å²) in [6.07, 6.45) is 0. The lowest BCUT2D eigenvalue weighted by atomic mass is 9.78. The van der Waals surface area contributed by atoms with Crippen LogP contribution in [0.1, 0.15) is 52.7 Å². The topological polar surface area (TPSA) is 160 Å². The number of benzene rings is 2. The summed E-state index contributed by atoms with van der Waals surface area (Å²) in [5.41, 5.74) is 26.5. The van der Waals surface area contributed by atoms with Crippen molar-refractivity contribution in [2.45, 2.75) is 58.3 Å². The van der Waals surface area contributed by atoms with E-state index < -0.39 is 11.3 Å². The molecule has 0 radical (unpaired) electrons. The molecule has 0 spiro atoms. The highest BCUT2D eigenvalue weighted by Crippen LogP contribution is 2.36. The number of guanidine groups is 4. The van der Waals surface area contributed by atoms with Crippen LogP contribution in [0.5, 0.6) is 0 Å². The van der Waals surface area contributed by atoms with Crippen LogP contribution in [0.4, 0.5) is 11.4 Å². The summed E-state index contributed by atoms with van der Waals surface area (Å²) >= 11 is 0. The van der Waals surface area contributed by atoms with Crippen LogP contribution in [0.25, 0.3) is 0 Å². The summed E-state index contributed by atoms with van der Waals surface area (Å²) in [6.45, 7) is 12.2.